The van der Waals surface area contributed by atoms with E-state index in [1.54, 1.807) is 0 Å². The van der Waals surface area contributed by atoms with Crippen molar-refractivity contribution in [3.8, 4) is 66.8 Å². The van der Waals surface area contributed by atoms with Crippen molar-refractivity contribution in [1.82, 2.24) is 0 Å². The lowest BCUT2D eigenvalue weighted by molar-refractivity contribution is 0.588. The first-order valence-corrected chi connectivity index (χ1v) is 29.5. The molecule has 11 aromatic carbocycles. The second-order valence-corrected chi connectivity index (χ2v) is 26.5. The smallest absolute Gasteiger partial charge is 0.0714 e. The molecule has 0 aliphatic heterocycles. The summed E-state index contributed by atoms with van der Waals surface area (Å²) >= 11 is 0. The van der Waals surface area contributed by atoms with Crippen LogP contribution >= 0.6 is 0 Å². The summed E-state index contributed by atoms with van der Waals surface area (Å²) in [4.78, 5) is 2.48. The standard InChI is InChI=1S/C81H71N/c1-77(2,3)55-35-39-57(40-36-55)81(58-41-37-56(38-42-58)78(4,5)6)73-29-18-15-23-65(73)68-49-47-61(51-75(68)81)82(59-43-30-52(31-44-59)54-34-48-67-64-22-13-16-27-71(64)79(7,8)74(67)50-54)60-45-32-53(33-46-60)62-20-11-12-21-63(62)69-25-19-26-70-66-24-14-17-28-72(66)80(9,10)76(69)70/h11-51H,1-10H3. The van der Waals surface area contributed by atoms with Gasteiger partial charge in [-0.25, -0.2) is 0 Å². The summed E-state index contributed by atoms with van der Waals surface area (Å²) in [6.07, 6.45) is 0. The molecule has 400 valence electrons. The maximum atomic E-state index is 2.51. The lowest BCUT2D eigenvalue weighted by atomic mass is 9.67. The Morgan fingerprint density at radius 2 is 0.659 bits per heavy atom. The number of anilines is 3. The average Bonchev–Trinajstić information content (AvgIpc) is 2.18. The van der Waals surface area contributed by atoms with Gasteiger partial charge in [-0.05, 0) is 176 Å². The zero-order chi connectivity index (χ0) is 56.5. The Bertz CT molecular complexity index is 4250. The lowest BCUT2D eigenvalue weighted by Gasteiger charge is -2.36. The molecule has 0 N–H and O–H groups in total. The molecule has 11 aromatic rings. The lowest BCUT2D eigenvalue weighted by Crippen LogP contribution is -2.29. The van der Waals surface area contributed by atoms with Gasteiger partial charge in [0.1, 0.15) is 0 Å². The number of benzene rings is 11. The van der Waals surface area contributed by atoms with Crippen molar-refractivity contribution in [2.75, 3.05) is 4.90 Å². The van der Waals surface area contributed by atoms with E-state index >= 15 is 0 Å². The predicted octanol–water partition coefficient (Wildman–Crippen LogP) is 21.7. The van der Waals surface area contributed by atoms with Crippen LogP contribution in [0.2, 0.25) is 0 Å². The van der Waals surface area contributed by atoms with E-state index in [1.165, 1.54) is 122 Å². The van der Waals surface area contributed by atoms with E-state index in [1.807, 2.05) is 0 Å². The Kier molecular flexibility index (Phi) is 11.7. The van der Waals surface area contributed by atoms with E-state index in [0.29, 0.717) is 0 Å². The monoisotopic (exact) mass is 1060 g/mol. The Morgan fingerprint density at radius 3 is 1.22 bits per heavy atom. The molecule has 1 heteroatoms. The first kappa shape index (κ1) is 51.4. The molecule has 0 spiro atoms. The summed E-state index contributed by atoms with van der Waals surface area (Å²) in [5.74, 6) is 0. The summed E-state index contributed by atoms with van der Waals surface area (Å²) in [7, 11) is 0. The molecule has 1 nitrogen and oxygen atoms in total. The predicted molar refractivity (Wildman–Crippen MR) is 347 cm³/mol. The molecule has 0 saturated heterocycles. The molecule has 0 fully saturated rings. The van der Waals surface area contributed by atoms with Crippen molar-refractivity contribution in [3.05, 3.63) is 304 Å². The fourth-order valence-electron chi connectivity index (χ4n) is 14.6. The molecule has 3 aliphatic carbocycles. The number of hydrogen-bond acceptors (Lipinski definition) is 1. The van der Waals surface area contributed by atoms with E-state index in [0.717, 1.165) is 17.1 Å². The quantitative estimate of drug-likeness (QED) is 0.147. The fourth-order valence-corrected chi connectivity index (χ4v) is 14.6. The van der Waals surface area contributed by atoms with Crippen molar-refractivity contribution in [1.29, 1.82) is 0 Å². The average molecular weight is 1060 g/mol. The third kappa shape index (κ3) is 7.87. The first-order chi connectivity index (χ1) is 39.4. The highest BCUT2D eigenvalue weighted by atomic mass is 15.1. The van der Waals surface area contributed by atoms with Crippen molar-refractivity contribution in [2.45, 2.75) is 96.3 Å². The van der Waals surface area contributed by atoms with Gasteiger partial charge in [0.15, 0.2) is 0 Å². The van der Waals surface area contributed by atoms with Crippen molar-refractivity contribution in [2.24, 2.45) is 0 Å². The van der Waals surface area contributed by atoms with Gasteiger partial charge in [0.05, 0.1) is 5.41 Å². The molecule has 0 radical (unpaired) electrons. The molecular formula is C81H71N. The van der Waals surface area contributed by atoms with Crippen LogP contribution in [0.1, 0.15) is 125 Å². The highest BCUT2D eigenvalue weighted by Crippen LogP contribution is 2.59. The van der Waals surface area contributed by atoms with E-state index in [2.05, 4.69) is 323 Å². The Labute approximate surface area is 486 Å². The van der Waals surface area contributed by atoms with Gasteiger partial charge in [-0.15, -0.1) is 0 Å². The zero-order valence-electron chi connectivity index (χ0n) is 49.1. The second kappa shape index (κ2) is 18.6. The van der Waals surface area contributed by atoms with E-state index in [-0.39, 0.29) is 21.7 Å². The van der Waals surface area contributed by atoms with E-state index in [9.17, 15) is 0 Å². The van der Waals surface area contributed by atoms with Crippen LogP contribution in [-0.4, -0.2) is 0 Å². The fraction of sp³-hybridized carbons (Fsp3) is 0.185. The minimum Gasteiger partial charge on any atom is -0.310 e. The SMILES string of the molecule is CC(C)(C)c1ccc(C2(c3ccc(C(C)(C)C)cc3)c3ccccc3-c3ccc(N(c4ccc(-c5ccc6c(c5)C(C)(C)c5ccccc5-6)cc4)c4ccc(-c5ccccc5-c5cccc6c5C(C)(C)c5ccccc5-6)cc4)cc32)cc1. The van der Waals surface area contributed by atoms with Gasteiger partial charge < -0.3 is 4.90 Å². The molecule has 3 aliphatic rings. The third-order valence-corrected chi connectivity index (χ3v) is 18.9. The normalized spacial score (nSPS) is 14.8. The maximum Gasteiger partial charge on any atom is 0.0714 e. The molecule has 0 atom stereocenters. The Balaban J connectivity index is 0.932. The van der Waals surface area contributed by atoms with Crippen molar-refractivity contribution in [3.63, 3.8) is 0 Å². The van der Waals surface area contributed by atoms with E-state index < -0.39 is 5.41 Å². The number of nitrogens with zero attached hydrogens (tertiary/aromatic N) is 1. The van der Waals surface area contributed by atoms with Gasteiger partial charge in [0.2, 0.25) is 0 Å². The van der Waals surface area contributed by atoms with Gasteiger partial charge >= 0.3 is 0 Å². The Hall–Kier alpha value is -8.78. The van der Waals surface area contributed by atoms with Crippen LogP contribution in [-0.2, 0) is 27.1 Å². The second-order valence-electron chi connectivity index (χ2n) is 26.5. The van der Waals surface area contributed by atoms with Crippen molar-refractivity contribution < 1.29 is 0 Å². The van der Waals surface area contributed by atoms with Crippen LogP contribution < -0.4 is 4.90 Å². The highest BCUT2D eigenvalue weighted by molar-refractivity contribution is 5.94. The highest BCUT2D eigenvalue weighted by Gasteiger charge is 2.47. The number of rotatable bonds is 8. The summed E-state index contributed by atoms with van der Waals surface area (Å²) in [6, 6.07) is 95.0. The molecule has 82 heavy (non-hydrogen) atoms. The molecule has 0 bridgehead atoms. The first-order valence-electron chi connectivity index (χ1n) is 29.5. The molecule has 0 aromatic heterocycles. The van der Waals surface area contributed by atoms with Crippen molar-refractivity contribution >= 4 is 17.1 Å². The summed E-state index contributed by atoms with van der Waals surface area (Å²) in [5.41, 5.74) is 31.1. The summed E-state index contributed by atoms with van der Waals surface area (Å²) in [5, 5.41) is 0. The van der Waals surface area contributed by atoms with Gasteiger partial charge in [-0.3, -0.25) is 0 Å². The van der Waals surface area contributed by atoms with Crippen LogP contribution in [0.5, 0.6) is 0 Å². The van der Waals surface area contributed by atoms with Gasteiger partial charge in [0.25, 0.3) is 0 Å². The van der Waals surface area contributed by atoms with E-state index in [4.69, 9.17) is 0 Å². The summed E-state index contributed by atoms with van der Waals surface area (Å²) in [6.45, 7) is 23.4. The minimum absolute atomic E-state index is 0.0143. The van der Waals surface area contributed by atoms with Gasteiger partial charge in [-0.1, -0.05) is 275 Å². The summed E-state index contributed by atoms with van der Waals surface area (Å²) < 4.78 is 0. The molecule has 0 amide bonds. The Morgan fingerprint density at radius 1 is 0.268 bits per heavy atom. The maximum absolute atomic E-state index is 2.51. The molecular weight excluding hydrogens is 987 g/mol. The van der Waals surface area contributed by atoms with Crippen LogP contribution in [0.25, 0.3) is 66.8 Å². The minimum atomic E-state index is -0.591. The number of hydrogen-bond donors (Lipinski definition) is 0. The van der Waals surface area contributed by atoms with Crippen LogP contribution in [0.3, 0.4) is 0 Å². The van der Waals surface area contributed by atoms with Crippen LogP contribution in [0.4, 0.5) is 17.1 Å². The zero-order valence-corrected chi connectivity index (χ0v) is 49.1. The van der Waals surface area contributed by atoms with Crippen LogP contribution in [0, 0.1) is 0 Å². The van der Waals surface area contributed by atoms with Crippen LogP contribution in [0.15, 0.2) is 249 Å². The van der Waals surface area contributed by atoms with Gasteiger partial charge in [0, 0.05) is 27.9 Å². The molecule has 0 unspecified atom stereocenters. The number of fused-ring (bicyclic) bond motifs is 9. The third-order valence-electron chi connectivity index (χ3n) is 18.9. The topological polar surface area (TPSA) is 3.24 Å². The molecule has 0 saturated carbocycles. The largest absolute Gasteiger partial charge is 0.310 e. The molecule has 14 rings (SSSR count). The van der Waals surface area contributed by atoms with Gasteiger partial charge in [-0.2, -0.15) is 0 Å². The molecule has 0 heterocycles.